The molecule has 3 N–H and O–H groups in total. The van der Waals surface area contributed by atoms with Crippen molar-refractivity contribution < 1.29 is 0 Å². The Morgan fingerprint density at radius 1 is 1.28 bits per heavy atom. The van der Waals surface area contributed by atoms with Gasteiger partial charge >= 0.3 is 0 Å². The number of hydrogen-bond acceptors (Lipinski definition) is 3. The fourth-order valence-electron chi connectivity index (χ4n) is 3.38. The lowest BCUT2D eigenvalue weighted by Crippen LogP contribution is -2.42. The average Bonchev–Trinajstić information content (AvgIpc) is 2.82. The maximum atomic E-state index is 6.13. The third-order valence-electron chi connectivity index (χ3n) is 4.50. The van der Waals surface area contributed by atoms with Gasteiger partial charge in [0, 0.05) is 18.6 Å². The molecule has 2 heterocycles. The van der Waals surface area contributed by atoms with Crippen LogP contribution in [0.3, 0.4) is 0 Å². The Morgan fingerprint density at radius 2 is 2.17 bits per heavy atom. The molecule has 0 radical (unpaired) electrons. The fraction of sp³-hybridized carbons (Fsp3) is 0.600. The van der Waals surface area contributed by atoms with E-state index in [1.54, 1.807) is 0 Å². The van der Waals surface area contributed by atoms with E-state index in [1.165, 1.54) is 44.3 Å². The van der Waals surface area contributed by atoms with Gasteiger partial charge < -0.3 is 16.0 Å². The Bertz CT molecular complexity index is 430. The highest BCUT2D eigenvalue weighted by Crippen LogP contribution is 2.30. The summed E-state index contributed by atoms with van der Waals surface area (Å²) in [5.41, 5.74) is 9.32. The standard InChI is InChI=1S/C15H23N3/c1-11-4-2-6-14(15(11)16)17-12-7-9-18-8-3-5-13(18)10-12/h2,4,6,12-13,17H,3,5,7-10,16H2,1H3. The molecule has 0 bridgehead atoms. The van der Waals surface area contributed by atoms with Crippen molar-refractivity contribution in [3.05, 3.63) is 23.8 Å². The molecule has 2 unspecified atom stereocenters. The first-order valence-electron chi connectivity index (χ1n) is 7.10. The molecule has 18 heavy (non-hydrogen) atoms. The Kier molecular flexibility index (Phi) is 3.16. The third-order valence-corrected chi connectivity index (χ3v) is 4.50. The van der Waals surface area contributed by atoms with Crippen molar-refractivity contribution in [3.8, 4) is 0 Å². The zero-order valence-corrected chi connectivity index (χ0v) is 11.2. The Morgan fingerprint density at radius 3 is 3.06 bits per heavy atom. The van der Waals surface area contributed by atoms with Crippen LogP contribution < -0.4 is 11.1 Å². The molecule has 0 aromatic heterocycles. The van der Waals surface area contributed by atoms with E-state index in [0.29, 0.717) is 6.04 Å². The summed E-state index contributed by atoms with van der Waals surface area (Å²) in [6.45, 7) is 4.62. The van der Waals surface area contributed by atoms with Crippen LogP contribution in [0.1, 0.15) is 31.2 Å². The molecule has 0 saturated carbocycles. The van der Waals surface area contributed by atoms with Crippen molar-refractivity contribution in [3.63, 3.8) is 0 Å². The summed E-state index contributed by atoms with van der Waals surface area (Å²) in [5.74, 6) is 0. The molecule has 1 aromatic rings. The zero-order chi connectivity index (χ0) is 12.5. The minimum atomic E-state index is 0.591. The lowest BCUT2D eigenvalue weighted by molar-refractivity contribution is 0.188. The van der Waals surface area contributed by atoms with E-state index in [4.69, 9.17) is 5.73 Å². The highest BCUT2D eigenvalue weighted by Gasteiger charge is 2.31. The van der Waals surface area contributed by atoms with Crippen LogP contribution in [0.2, 0.25) is 0 Å². The second-order valence-corrected chi connectivity index (χ2v) is 5.73. The third kappa shape index (κ3) is 2.19. The first kappa shape index (κ1) is 11.8. The number of nitrogens with one attached hydrogen (secondary N) is 1. The Balaban J connectivity index is 1.68. The SMILES string of the molecule is Cc1cccc(NC2CCN3CCCC3C2)c1N. The van der Waals surface area contributed by atoms with Gasteiger partial charge in [0.1, 0.15) is 0 Å². The molecule has 3 heteroatoms. The van der Waals surface area contributed by atoms with Crippen LogP contribution in [0.25, 0.3) is 0 Å². The lowest BCUT2D eigenvalue weighted by atomic mass is 9.97. The van der Waals surface area contributed by atoms with Crippen molar-refractivity contribution in [1.29, 1.82) is 0 Å². The number of rotatable bonds is 2. The molecule has 2 aliphatic rings. The van der Waals surface area contributed by atoms with Crippen LogP contribution in [-0.2, 0) is 0 Å². The van der Waals surface area contributed by atoms with Crippen LogP contribution in [0, 0.1) is 6.92 Å². The first-order chi connectivity index (χ1) is 8.74. The predicted molar refractivity (Wildman–Crippen MR) is 76.8 cm³/mol. The van der Waals surface area contributed by atoms with E-state index in [9.17, 15) is 0 Å². The molecule has 0 spiro atoms. The number of anilines is 2. The topological polar surface area (TPSA) is 41.3 Å². The average molecular weight is 245 g/mol. The Labute approximate surface area is 109 Å². The van der Waals surface area contributed by atoms with Gasteiger partial charge in [-0.3, -0.25) is 0 Å². The second kappa shape index (κ2) is 4.81. The molecule has 0 aliphatic carbocycles. The van der Waals surface area contributed by atoms with Crippen molar-refractivity contribution in [2.24, 2.45) is 0 Å². The lowest BCUT2D eigenvalue weighted by Gasteiger charge is -2.35. The van der Waals surface area contributed by atoms with Crippen LogP contribution in [0.15, 0.2) is 18.2 Å². The maximum Gasteiger partial charge on any atom is 0.0579 e. The second-order valence-electron chi connectivity index (χ2n) is 5.73. The number of hydrogen-bond donors (Lipinski definition) is 2. The van der Waals surface area contributed by atoms with Crippen molar-refractivity contribution >= 4 is 11.4 Å². The normalized spacial score (nSPS) is 28.1. The van der Waals surface area contributed by atoms with Crippen LogP contribution >= 0.6 is 0 Å². The van der Waals surface area contributed by atoms with E-state index in [-0.39, 0.29) is 0 Å². The van der Waals surface area contributed by atoms with Gasteiger partial charge in [-0.1, -0.05) is 12.1 Å². The molecule has 98 valence electrons. The van der Waals surface area contributed by atoms with E-state index in [2.05, 4.69) is 35.3 Å². The summed E-state index contributed by atoms with van der Waals surface area (Å²) < 4.78 is 0. The van der Waals surface area contributed by atoms with Gasteiger partial charge in [0.2, 0.25) is 0 Å². The number of nitrogen functional groups attached to an aromatic ring is 1. The number of nitrogens with zero attached hydrogens (tertiary/aromatic N) is 1. The summed E-state index contributed by atoms with van der Waals surface area (Å²) in [4.78, 5) is 2.65. The highest BCUT2D eigenvalue weighted by atomic mass is 15.2. The van der Waals surface area contributed by atoms with Crippen LogP contribution in [0.4, 0.5) is 11.4 Å². The number of benzene rings is 1. The molecule has 2 fully saturated rings. The number of piperidine rings is 1. The molecule has 2 saturated heterocycles. The van der Waals surface area contributed by atoms with E-state index < -0.39 is 0 Å². The summed E-state index contributed by atoms with van der Waals surface area (Å²) in [6, 6.07) is 7.65. The van der Waals surface area contributed by atoms with Gasteiger partial charge in [-0.25, -0.2) is 0 Å². The Hall–Kier alpha value is -1.22. The van der Waals surface area contributed by atoms with E-state index >= 15 is 0 Å². The minimum absolute atomic E-state index is 0.591. The zero-order valence-electron chi connectivity index (χ0n) is 11.2. The molecule has 3 nitrogen and oxygen atoms in total. The summed E-state index contributed by atoms with van der Waals surface area (Å²) in [6.07, 6.45) is 5.27. The number of fused-ring (bicyclic) bond motifs is 1. The highest BCUT2D eigenvalue weighted by molar-refractivity contribution is 5.69. The quantitative estimate of drug-likeness (QED) is 0.787. The monoisotopic (exact) mass is 245 g/mol. The molecule has 2 atom stereocenters. The molecular formula is C15H23N3. The van der Waals surface area contributed by atoms with Crippen LogP contribution in [0.5, 0.6) is 0 Å². The van der Waals surface area contributed by atoms with Gasteiger partial charge in [0.25, 0.3) is 0 Å². The van der Waals surface area contributed by atoms with Gasteiger partial charge in [-0.05, 0) is 50.8 Å². The van der Waals surface area contributed by atoms with Gasteiger partial charge in [0.05, 0.1) is 11.4 Å². The van der Waals surface area contributed by atoms with Crippen molar-refractivity contribution in [1.82, 2.24) is 4.90 Å². The number of nitrogens with two attached hydrogens (primary N) is 1. The maximum absolute atomic E-state index is 6.13. The predicted octanol–water partition coefficient (Wildman–Crippen LogP) is 2.62. The first-order valence-corrected chi connectivity index (χ1v) is 7.10. The van der Waals surface area contributed by atoms with Crippen molar-refractivity contribution in [2.75, 3.05) is 24.1 Å². The summed E-state index contributed by atoms with van der Waals surface area (Å²) in [5, 5.41) is 3.65. The fourth-order valence-corrected chi connectivity index (χ4v) is 3.38. The minimum Gasteiger partial charge on any atom is -0.397 e. The largest absolute Gasteiger partial charge is 0.397 e. The molecular weight excluding hydrogens is 222 g/mol. The molecule has 2 aliphatic heterocycles. The van der Waals surface area contributed by atoms with Gasteiger partial charge in [-0.2, -0.15) is 0 Å². The van der Waals surface area contributed by atoms with Crippen LogP contribution in [-0.4, -0.2) is 30.1 Å². The van der Waals surface area contributed by atoms with Gasteiger partial charge in [0.15, 0.2) is 0 Å². The number of para-hydroxylation sites is 1. The number of aryl methyl sites for hydroxylation is 1. The summed E-state index contributed by atoms with van der Waals surface area (Å²) in [7, 11) is 0. The molecule has 3 rings (SSSR count). The van der Waals surface area contributed by atoms with E-state index in [0.717, 1.165) is 17.4 Å². The van der Waals surface area contributed by atoms with Gasteiger partial charge in [-0.15, -0.1) is 0 Å². The molecule has 0 amide bonds. The summed E-state index contributed by atoms with van der Waals surface area (Å²) >= 11 is 0. The van der Waals surface area contributed by atoms with Crippen molar-refractivity contribution in [2.45, 2.75) is 44.7 Å². The smallest absolute Gasteiger partial charge is 0.0579 e. The van der Waals surface area contributed by atoms with E-state index in [1.807, 2.05) is 0 Å². The molecule has 1 aromatic carbocycles.